The van der Waals surface area contributed by atoms with Crippen molar-refractivity contribution in [2.75, 3.05) is 41.7 Å². The van der Waals surface area contributed by atoms with Gasteiger partial charge in [-0.3, -0.25) is 0 Å². The maximum atomic E-state index is 12.3. The molecule has 2 aliphatic rings. The number of carbonyl (C=O) groups excluding carboxylic acids is 1. The van der Waals surface area contributed by atoms with Gasteiger partial charge in [-0.1, -0.05) is 6.07 Å². The van der Waals surface area contributed by atoms with Crippen molar-refractivity contribution in [3.63, 3.8) is 0 Å². The van der Waals surface area contributed by atoms with Crippen molar-refractivity contribution in [2.45, 2.75) is 31.8 Å². The minimum atomic E-state index is -0.314. The van der Waals surface area contributed by atoms with E-state index in [1.165, 1.54) is 0 Å². The van der Waals surface area contributed by atoms with E-state index < -0.39 is 0 Å². The summed E-state index contributed by atoms with van der Waals surface area (Å²) in [6, 6.07) is 7.49. The number of aliphatic hydroxyl groups is 1. The first-order chi connectivity index (χ1) is 14.1. The molecule has 0 bridgehead atoms. The lowest BCUT2D eigenvalue weighted by Gasteiger charge is -2.32. The number of urea groups is 1. The van der Waals surface area contributed by atoms with Crippen molar-refractivity contribution in [3.8, 4) is 0 Å². The Morgan fingerprint density at radius 1 is 1.17 bits per heavy atom. The third-order valence-corrected chi connectivity index (χ3v) is 5.40. The van der Waals surface area contributed by atoms with E-state index in [0.717, 1.165) is 68.0 Å². The summed E-state index contributed by atoms with van der Waals surface area (Å²) < 4.78 is 0. The molecule has 2 saturated heterocycles. The maximum Gasteiger partial charge on any atom is 0.321 e. The van der Waals surface area contributed by atoms with Crippen LogP contribution in [0.4, 0.5) is 27.9 Å². The standard InChI is InChI=1S/C20H27BN6O2/c21-17-12-22-19(25-18(17)27-10-4-7-16(28)13-27)23-14-5-3-6-15(11-14)24-20(29)26-8-1-2-9-26/h3,5-6,11-12,16,28H,1-2,4,7-10,13,21H2,(H,24,29)(H,22,23,25). The number of benzene rings is 1. The zero-order valence-electron chi connectivity index (χ0n) is 16.8. The molecule has 2 aromatic rings. The number of β-amino-alcohol motifs (C(OH)–C–C–N with tert-alkyl or cyclic N) is 1. The van der Waals surface area contributed by atoms with Gasteiger partial charge in [-0.2, -0.15) is 4.98 Å². The van der Waals surface area contributed by atoms with Crippen LogP contribution in [0, 0.1) is 0 Å². The number of aromatic nitrogens is 2. The van der Waals surface area contributed by atoms with E-state index >= 15 is 0 Å². The fourth-order valence-electron chi connectivity index (χ4n) is 3.89. The van der Waals surface area contributed by atoms with E-state index in [1.807, 2.05) is 37.0 Å². The Kier molecular flexibility index (Phi) is 5.85. The van der Waals surface area contributed by atoms with Gasteiger partial charge in [0.2, 0.25) is 5.95 Å². The third kappa shape index (κ3) is 4.79. The van der Waals surface area contributed by atoms with Crippen LogP contribution in [-0.2, 0) is 0 Å². The number of hydrogen-bond donors (Lipinski definition) is 3. The van der Waals surface area contributed by atoms with Gasteiger partial charge in [0, 0.05) is 43.8 Å². The molecular formula is C20H27BN6O2. The molecule has 1 aromatic heterocycles. The van der Waals surface area contributed by atoms with Gasteiger partial charge in [0.05, 0.1) is 6.10 Å². The lowest BCUT2D eigenvalue weighted by Crippen LogP contribution is -2.41. The molecule has 0 radical (unpaired) electrons. The highest BCUT2D eigenvalue weighted by atomic mass is 16.3. The molecule has 152 valence electrons. The average Bonchev–Trinajstić information content (AvgIpc) is 3.25. The molecule has 8 nitrogen and oxygen atoms in total. The van der Waals surface area contributed by atoms with E-state index in [2.05, 4.69) is 25.5 Å². The Morgan fingerprint density at radius 3 is 2.76 bits per heavy atom. The Labute approximate surface area is 171 Å². The molecule has 2 aliphatic heterocycles. The molecule has 1 aromatic carbocycles. The molecule has 29 heavy (non-hydrogen) atoms. The highest BCUT2D eigenvalue weighted by Gasteiger charge is 2.21. The molecule has 0 spiro atoms. The predicted molar refractivity (Wildman–Crippen MR) is 117 cm³/mol. The molecule has 1 atom stereocenters. The highest BCUT2D eigenvalue weighted by Crippen LogP contribution is 2.21. The van der Waals surface area contributed by atoms with Crippen molar-refractivity contribution in [1.29, 1.82) is 0 Å². The number of nitrogens with one attached hydrogen (secondary N) is 2. The van der Waals surface area contributed by atoms with Crippen molar-refractivity contribution >= 4 is 42.5 Å². The minimum Gasteiger partial charge on any atom is -0.391 e. The first-order valence-electron chi connectivity index (χ1n) is 10.3. The lowest BCUT2D eigenvalue weighted by atomic mass is 9.97. The number of hydrogen-bond acceptors (Lipinski definition) is 6. The molecular weight excluding hydrogens is 367 g/mol. The van der Waals surface area contributed by atoms with Crippen LogP contribution in [0.2, 0.25) is 0 Å². The largest absolute Gasteiger partial charge is 0.391 e. The van der Waals surface area contributed by atoms with Crippen molar-refractivity contribution in [3.05, 3.63) is 30.5 Å². The summed E-state index contributed by atoms with van der Waals surface area (Å²) in [5.74, 6) is 1.34. The maximum absolute atomic E-state index is 12.3. The molecule has 3 heterocycles. The zero-order chi connectivity index (χ0) is 20.2. The normalized spacial score (nSPS) is 19.3. The number of anilines is 4. The molecule has 1 unspecified atom stereocenters. The number of nitrogens with zero attached hydrogens (tertiary/aromatic N) is 4. The van der Waals surface area contributed by atoms with Crippen molar-refractivity contribution in [1.82, 2.24) is 14.9 Å². The van der Waals surface area contributed by atoms with Crippen LogP contribution in [0.3, 0.4) is 0 Å². The van der Waals surface area contributed by atoms with Crippen molar-refractivity contribution < 1.29 is 9.90 Å². The Bertz CT molecular complexity index is 874. The number of piperidine rings is 1. The average molecular weight is 394 g/mol. The van der Waals surface area contributed by atoms with Gasteiger partial charge < -0.3 is 25.5 Å². The van der Waals surface area contributed by atoms with Gasteiger partial charge in [-0.05, 0) is 49.3 Å². The van der Waals surface area contributed by atoms with E-state index in [-0.39, 0.29) is 12.1 Å². The molecule has 0 saturated carbocycles. The second-order valence-electron chi connectivity index (χ2n) is 7.77. The number of amides is 2. The van der Waals surface area contributed by atoms with Crippen LogP contribution in [0.25, 0.3) is 0 Å². The molecule has 4 rings (SSSR count). The second-order valence-corrected chi connectivity index (χ2v) is 7.77. The summed E-state index contributed by atoms with van der Waals surface area (Å²) in [4.78, 5) is 25.3. The zero-order valence-corrected chi connectivity index (χ0v) is 16.8. The fraction of sp³-hybridized carbons (Fsp3) is 0.450. The molecule has 2 fully saturated rings. The highest BCUT2D eigenvalue weighted by molar-refractivity contribution is 6.35. The first kappa shape index (κ1) is 19.5. The summed E-state index contributed by atoms with van der Waals surface area (Å²) in [7, 11) is 1.98. The first-order valence-corrected chi connectivity index (χ1v) is 10.3. The van der Waals surface area contributed by atoms with Gasteiger partial charge in [-0.15, -0.1) is 0 Å². The Morgan fingerprint density at radius 2 is 1.97 bits per heavy atom. The van der Waals surface area contributed by atoms with E-state index in [9.17, 15) is 9.90 Å². The van der Waals surface area contributed by atoms with E-state index in [1.54, 1.807) is 6.20 Å². The Balaban J connectivity index is 1.46. The van der Waals surface area contributed by atoms with Gasteiger partial charge in [0.1, 0.15) is 13.7 Å². The fourth-order valence-corrected chi connectivity index (χ4v) is 3.89. The second kappa shape index (κ2) is 8.69. The van der Waals surface area contributed by atoms with Gasteiger partial charge in [0.25, 0.3) is 0 Å². The minimum absolute atomic E-state index is 0.0582. The number of aliphatic hydroxyl groups excluding tert-OH is 1. The van der Waals surface area contributed by atoms with E-state index in [4.69, 9.17) is 0 Å². The van der Waals surface area contributed by atoms with Gasteiger partial charge in [-0.25, -0.2) is 9.78 Å². The van der Waals surface area contributed by atoms with Gasteiger partial charge >= 0.3 is 6.03 Å². The number of rotatable bonds is 4. The monoisotopic (exact) mass is 394 g/mol. The molecule has 9 heteroatoms. The molecule has 3 N–H and O–H groups in total. The van der Waals surface area contributed by atoms with Crippen LogP contribution in [-0.4, -0.2) is 66.1 Å². The topological polar surface area (TPSA) is 93.6 Å². The summed E-state index contributed by atoms with van der Waals surface area (Å²) in [6.45, 7) is 3.10. The smallest absolute Gasteiger partial charge is 0.321 e. The van der Waals surface area contributed by atoms with E-state index in [0.29, 0.717) is 12.5 Å². The van der Waals surface area contributed by atoms with Gasteiger partial charge in [0.15, 0.2) is 0 Å². The van der Waals surface area contributed by atoms with Crippen molar-refractivity contribution in [2.24, 2.45) is 0 Å². The molecule has 0 aliphatic carbocycles. The van der Waals surface area contributed by atoms with Crippen LogP contribution >= 0.6 is 0 Å². The molecule has 2 amide bonds. The van der Waals surface area contributed by atoms with Crippen LogP contribution in [0.1, 0.15) is 25.7 Å². The predicted octanol–water partition coefficient (Wildman–Crippen LogP) is 1.07. The number of carbonyl (C=O) groups is 1. The summed E-state index contributed by atoms with van der Waals surface area (Å²) in [6.07, 6.45) is 5.40. The van der Waals surface area contributed by atoms with Crippen LogP contribution < -0.4 is 21.0 Å². The quantitative estimate of drug-likeness (QED) is 0.672. The van der Waals surface area contributed by atoms with Crippen LogP contribution in [0.5, 0.6) is 0 Å². The summed E-state index contributed by atoms with van der Waals surface area (Å²) in [5.41, 5.74) is 2.52. The third-order valence-electron chi connectivity index (χ3n) is 5.40. The Hall–Kier alpha value is -2.81. The number of likely N-dealkylation sites (tertiary alicyclic amines) is 1. The summed E-state index contributed by atoms with van der Waals surface area (Å²) >= 11 is 0. The van der Waals surface area contributed by atoms with Crippen LogP contribution in [0.15, 0.2) is 30.5 Å². The summed E-state index contributed by atoms with van der Waals surface area (Å²) in [5, 5.41) is 16.2. The lowest BCUT2D eigenvalue weighted by molar-refractivity contribution is 0.154. The SMILES string of the molecule is Bc1cnc(Nc2cccc(NC(=O)N3CCCC3)c2)nc1N1CCCC(O)C1.